The average Bonchev–Trinajstić information content (AvgIpc) is 2.92. The van der Waals surface area contributed by atoms with Gasteiger partial charge in [0.15, 0.2) is 0 Å². The summed E-state index contributed by atoms with van der Waals surface area (Å²) in [6.45, 7) is 7.10. The molecule has 3 aliphatic rings. The summed E-state index contributed by atoms with van der Waals surface area (Å²) in [7, 11) is 0. The monoisotopic (exact) mass is 250 g/mol. The van der Waals surface area contributed by atoms with E-state index in [1.165, 1.54) is 57.9 Å². The van der Waals surface area contributed by atoms with Crippen LogP contribution in [0.5, 0.6) is 0 Å². The fraction of sp³-hybridized carbons (Fsp3) is 1.00. The Labute approximate surface area is 112 Å². The number of hydrogen-bond acceptors (Lipinski definition) is 2. The van der Waals surface area contributed by atoms with Crippen molar-refractivity contribution in [2.75, 3.05) is 13.1 Å². The van der Waals surface area contributed by atoms with Gasteiger partial charge in [0.2, 0.25) is 0 Å². The van der Waals surface area contributed by atoms with E-state index < -0.39 is 0 Å². The van der Waals surface area contributed by atoms with E-state index in [1.54, 1.807) is 0 Å². The van der Waals surface area contributed by atoms with Gasteiger partial charge in [0, 0.05) is 18.1 Å². The third-order valence-corrected chi connectivity index (χ3v) is 6.53. The lowest BCUT2D eigenvalue weighted by Crippen LogP contribution is -2.64. The van der Waals surface area contributed by atoms with Gasteiger partial charge < -0.3 is 5.73 Å². The van der Waals surface area contributed by atoms with Gasteiger partial charge in [-0.1, -0.05) is 26.7 Å². The Morgan fingerprint density at radius 2 is 1.83 bits per heavy atom. The van der Waals surface area contributed by atoms with Crippen molar-refractivity contribution < 1.29 is 0 Å². The van der Waals surface area contributed by atoms with Gasteiger partial charge in [0.1, 0.15) is 0 Å². The van der Waals surface area contributed by atoms with Gasteiger partial charge in [0.05, 0.1) is 0 Å². The Morgan fingerprint density at radius 1 is 1.06 bits per heavy atom. The minimum absolute atomic E-state index is 0.306. The van der Waals surface area contributed by atoms with Crippen LogP contribution in [0.15, 0.2) is 0 Å². The molecule has 2 saturated carbocycles. The molecule has 0 radical (unpaired) electrons. The molecule has 0 aromatic carbocycles. The maximum absolute atomic E-state index is 6.32. The molecule has 0 amide bonds. The molecule has 2 aliphatic carbocycles. The molecular formula is C16H30N2. The first kappa shape index (κ1) is 12.9. The molecule has 3 rings (SSSR count). The van der Waals surface area contributed by atoms with Crippen LogP contribution < -0.4 is 5.73 Å². The molecular weight excluding hydrogens is 220 g/mol. The van der Waals surface area contributed by atoms with Crippen molar-refractivity contribution in [1.82, 2.24) is 4.90 Å². The SMILES string of the molecule is CC1(C)CCCC1(CN)N1CCCC2CCCC21. The van der Waals surface area contributed by atoms with Crippen LogP contribution in [0, 0.1) is 11.3 Å². The Balaban J connectivity index is 1.91. The molecule has 0 aromatic rings. The number of likely N-dealkylation sites (tertiary alicyclic amines) is 1. The molecule has 3 fully saturated rings. The molecule has 104 valence electrons. The van der Waals surface area contributed by atoms with Crippen LogP contribution in [0.3, 0.4) is 0 Å². The lowest BCUT2D eigenvalue weighted by atomic mass is 9.71. The molecule has 1 aliphatic heterocycles. The molecule has 3 unspecified atom stereocenters. The zero-order valence-corrected chi connectivity index (χ0v) is 12.3. The molecule has 3 atom stereocenters. The highest BCUT2D eigenvalue weighted by atomic mass is 15.3. The van der Waals surface area contributed by atoms with Crippen LogP contribution in [0.1, 0.15) is 65.2 Å². The van der Waals surface area contributed by atoms with Crippen molar-refractivity contribution in [2.45, 2.75) is 76.8 Å². The van der Waals surface area contributed by atoms with Gasteiger partial charge in [-0.3, -0.25) is 4.90 Å². The summed E-state index contributed by atoms with van der Waals surface area (Å²) >= 11 is 0. The predicted octanol–water partition coefficient (Wildman–Crippen LogP) is 3.16. The van der Waals surface area contributed by atoms with Crippen molar-refractivity contribution in [3.05, 3.63) is 0 Å². The minimum Gasteiger partial charge on any atom is -0.329 e. The number of rotatable bonds is 2. The second-order valence-corrected chi connectivity index (χ2v) is 7.57. The summed E-state index contributed by atoms with van der Waals surface area (Å²) < 4.78 is 0. The summed E-state index contributed by atoms with van der Waals surface area (Å²) in [6, 6.07) is 0.861. The first-order valence-corrected chi connectivity index (χ1v) is 8.08. The topological polar surface area (TPSA) is 29.3 Å². The van der Waals surface area contributed by atoms with Crippen LogP contribution in [-0.2, 0) is 0 Å². The average molecular weight is 250 g/mol. The molecule has 0 aromatic heterocycles. The summed E-state index contributed by atoms with van der Waals surface area (Å²) in [4.78, 5) is 2.89. The second kappa shape index (κ2) is 4.49. The molecule has 0 bridgehead atoms. The van der Waals surface area contributed by atoms with Crippen molar-refractivity contribution in [2.24, 2.45) is 17.1 Å². The third-order valence-electron chi connectivity index (χ3n) is 6.53. The van der Waals surface area contributed by atoms with Gasteiger partial charge in [-0.2, -0.15) is 0 Å². The zero-order valence-electron chi connectivity index (χ0n) is 12.3. The van der Waals surface area contributed by atoms with Gasteiger partial charge in [-0.25, -0.2) is 0 Å². The molecule has 18 heavy (non-hydrogen) atoms. The quantitative estimate of drug-likeness (QED) is 0.815. The van der Waals surface area contributed by atoms with E-state index in [9.17, 15) is 0 Å². The van der Waals surface area contributed by atoms with E-state index in [4.69, 9.17) is 5.73 Å². The first-order chi connectivity index (χ1) is 8.61. The Kier molecular flexibility index (Phi) is 3.22. The minimum atomic E-state index is 0.306. The van der Waals surface area contributed by atoms with Crippen LogP contribution in [-0.4, -0.2) is 29.6 Å². The van der Waals surface area contributed by atoms with E-state index in [1.807, 2.05) is 0 Å². The van der Waals surface area contributed by atoms with Crippen molar-refractivity contribution in [3.8, 4) is 0 Å². The van der Waals surface area contributed by atoms with E-state index >= 15 is 0 Å². The molecule has 1 saturated heterocycles. The second-order valence-electron chi connectivity index (χ2n) is 7.57. The van der Waals surface area contributed by atoms with Crippen LogP contribution in [0.4, 0.5) is 0 Å². The fourth-order valence-corrected chi connectivity index (χ4v) is 5.41. The molecule has 2 heteroatoms. The third kappa shape index (κ3) is 1.68. The standard InChI is InChI=1S/C16H30N2/c1-15(2)9-5-10-16(15,12-17)18-11-4-7-13-6-3-8-14(13)18/h13-14H,3-12,17H2,1-2H3. The fourth-order valence-electron chi connectivity index (χ4n) is 5.41. The highest BCUT2D eigenvalue weighted by Crippen LogP contribution is 2.53. The van der Waals surface area contributed by atoms with Crippen LogP contribution in [0.2, 0.25) is 0 Å². The van der Waals surface area contributed by atoms with Crippen molar-refractivity contribution in [1.29, 1.82) is 0 Å². The Morgan fingerprint density at radius 3 is 2.50 bits per heavy atom. The summed E-state index contributed by atoms with van der Waals surface area (Å²) in [5, 5.41) is 0. The maximum Gasteiger partial charge on any atom is 0.0385 e. The summed E-state index contributed by atoms with van der Waals surface area (Å²) in [5.41, 5.74) is 7.03. The normalized spacial score (nSPS) is 44.2. The van der Waals surface area contributed by atoms with Gasteiger partial charge >= 0.3 is 0 Å². The largest absolute Gasteiger partial charge is 0.329 e. The number of piperidine rings is 1. The molecule has 2 nitrogen and oxygen atoms in total. The molecule has 2 N–H and O–H groups in total. The number of hydrogen-bond donors (Lipinski definition) is 1. The predicted molar refractivity (Wildman–Crippen MR) is 76.5 cm³/mol. The Hall–Kier alpha value is -0.0800. The van der Waals surface area contributed by atoms with E-state index in [-0.39, 0.29) is 0 Å². The van der Waals surface area contributed by atoms with E-state index in [0.29, 0.717) is 11.0 Å². The van der Waals surface area contributed by atoms with E-state index in [2.05, 4.69) is 18.7 Å². The summed E-state index contributed by atoms with van der Waals surface area (Å²) in [6.07, 6.45) is 11.3. The van der Waals surface area contributed by atoms with Gasteiger partial charge in [0.25, 0.3) is 0 Å². The lowest BCUT2D eigenvalue weighted by Gasteiger charge is -2.55. The smallest absolute Gasteiger partial charge is 0.0385 e. The molecule has 0 spiro atoms. The maximum atomic E-state index is 6.32. The highest BCUT2D eigenvalue weighted by molar-refractivity contribution is 5.10. The Bertz CT molecular complexity index is 312. The summed E-state index contributed by atoms with van der Waals surface area (Å²) in [5.74, 6) is 0.985. The number of fused-ring (bicyclic) bond motifs is 1. The van der Waals surface area contributed by atoms with Gasteiger partial charge in [-0.15, -0.1) is 0 Å². The zero-order chi connectivity index (χ0) is 12.8. The first-order valence-electron chi connectivity index (χ1n) is 8.08. The lowest BCUT2D eigenvalue weighted by molar-refractivity contribution is -0.0486. The van der Waals surface area contributed by atoms with Crippen molar-refractivity contribution >= 4 is 0 Å². The van der Waals surface area contributed by atoms with Crippen LogP contribution in [0.25, 0.3) is 0 Å². The number of nitrogens with zero attached hydrogens (tertiary/aromatic N) is 1. The molecule has 1 heterocycles. The van der Waals surface area contributed by atoms with Crippen LogP contribution >= 0.6 is 0 Å². The number of nitrogens with two attached hydrogens (primary N) is 1. The highest BCUT2D eigenvalue weighted by Gasteiger charge is 2.55. The van der Waals surface area contributed by atoms with Crippen molar-refractivity contribution in [3.63, 3.8) is 0 Å². The van der Waals surface area contributed by atoms with Gasteiger partial charge in [-0.05, 0) is 56.4 Å². The van der Waals surface area contributed by atoms with E-state index in [0.717, 1.165) is 18.5 Å².